The molecule has 8 heteroatoms. The molecule has 1 rings (SSSR count). The molecule has 0 aliphatic carbocycles. The average molecular weight is 276 g/mol. The maximum atomic E-state index is 12.1. The van der Waals surface area contributed by atoms with Gasteiger partial charge in [-0.3, -0.25) is 4.79 Å². The number of rotatable bonds is 6. The van der Waals surface area contributed by atoms with Gasteiger partial charge in [-0.25, -0.2) is 4.79 Å². The van der Waals surface area contributed by atoms with Gasteiger partial charge in [-0.15, -0.1) is 0 Å². The second kappa shape index (κ2) is 7.93. The van der Waals surface area contributed by atoms with E-state index in [2.05, 4.69) is 0 Å². The van der Waals surface area contributed by atoms with Crippen molar-refractivity contribution in [2.24, 2.45) is 0 Å². The summed E-state index contributed by atoms with van der Waals surface area (Å²) in [5.74, 6) is -0.970. The summed E-state index contributed by atoms with van der Waals surface area (Å²) in [5.41, 5.74) is 0. The summed E-state index contributed by atoms with van der Waals surface area (Å²) in [6, 6.07) is -0.318. The van der Waals surface area contributed by atoms with Crippen molar-refractivity contribution in [2.45, 2.75) is 12.5 Å². The Morgan fingerprint density at radius 2 is 1.89 bits per heavy atom. The largest absolute Gasteiger partial charge is 0.481 e. The smallest absolute Gasteiger partial charge is 0.320 e. The third kappa shape index (κ3) is 5.01. The maximum Gasteiger partial charge on any atom is 0.320 e. The van der Waals surface area contributed by atoms with Gasteiger partial charge in [-0.2, -0.15) is 0 Å². The van der Waals surface area contributed by atoms with E-state index >= 15 is 0 Å². The zero-order chi connectivity index (χ0) is 14.3. The lowest BCUT2D eigenvalue weighted by atomic mass is 10.2. The Hall–Kier alpha value is -1.38. The van der Waals surface area contributed by atoms with Crippen molar-refractivity contribution in [3.8, 4) is 0 Å². The van der Waals surface area contributed by atoms with Crippen LogP contribution in [0.4, 0.5) is 4.79 Å². The number of carboxylic acid groups (broad SMARTS) is 1. The number of aliphatic hydroxyl groups excluding tert-OH is 2. The molecule has 1 aliphatic rings. The summed E-state index contributed by atoms with van der Waals surface area (Å²) in [7, 11) is 0. The summed E-state index contributed by atoms with van der Waals surface area (Å²) in [4.78, 5) is 25.6. The molecule has 3 N–H and O–H groups in total. The molecular formula is C11H20N2O6. The first kappa shape index (κ1) is 15.7. The molecule has 110 valence electrons. The molecule has 1 aliphatic heterocycles. The van der Waals surface area contributed by atoms with Crippen molar-refractivity contribution in [2.75, 3.05) is 46.0 Å². The van der Waals surface area contributed by atoms with E-state index in [0.717, 1.165) is 0 Å². The number of hydrogen-bond donors (Lipinski definition) is 3. The number of nitrogens with zero attached hydrogens (tertiary/aromatic N) is 2. The fourth-order valence-corrected chi connectivity index (χ4v) is 1.96. The van der Waals surface area contributed by atoms with Crippen LogP contribution in [0.5, 0.6) is 0 Å². The molecule has 0 radical (unpaired) electrons. The fourth-order valence-electron chi connectivity index (χ4n) is 1.96. The molecule has 1 heterocycles. The van der Waals surface area contributed by atoms with Crippen LogP contribution in [0.3, 0.4) is 0 Å². The number of amides is 2. The monoisotopic (exact) mass is 276 g/mol. The fraction of sp³-hybridized carbons (Fsp3) is 0.818. The molecule has 8 nitrogen and oxygen atoms in total. The van der Waals surface area contributed by atoms with Crippen LogP contribution >= 0.6 is 0 Å². The van der Waals surface area contributed by atoms with Gasteiger partial charge in [0.15, 0.2) is 0 Å². The minimum absolute atomic E-state index is 0.139. The number of ether oxygens (including phenoxy) is 1. The van der Waals surface area contributed by atoms with E-state index in [0.29, 0.717) is 6.54 Å². The van der Waals surface area contributed by atoms with Crippen LogP contribution in [0.15, 0.2) is 0 Å². The molecule has 0 spiro atoms. The highest BCUT2D eigenvalue weighted by atomic mass is 16.5. The Kier molecular flexibility index (Phi) is 6.54. The van der Waals surface area contributed by atoms with Gasteiger partial charge in [0.05, 0.1) is 32.3 Å². The molecule has 0 aromatic heterocycles. The Morgan fingerprint density at radius 3 is 2.42 bits per heavy atom. The first-order valence-electron chi connectivity index (χ1n) is 6.17. The van der Waals surface area contributed by atoms with Crippen molar-refractivity contribution in [1.29, 1.82) is 0 Å². The van der Waals surface area contributed by atoms with Crippen LogP contribution in [0.1, 0.15) is 6.42 Å². The van der Waals surface area contributed by atoms with Gasteiger partial charge in [-0.1, -0.05) is 0 Å². The van der Waals surface area contributed by atoms with Crippen LogP contribution in [0, 0.1) is 0 Å². The molecule has 1 unspecified atom stereocenters. The minimum atomic E-state index is -0.970. The van der Waals surface area contributed by atoms with Crippen molar-refractivity contribution < 1.29 is 29.6 Å². The lowest BCUT2D eigenvalue weighted by Crippen LogP contribution is -2.52. The minimum Gasteiger partial charge on any atom is -0.481 e. The second-order valence-corrected chi connectivity index (χ2v) is 4.25. The number of hydrogen-bond acceptors (Lipinski definition) is 5. The topological polar surface area (TPSA) is 111 Å². The van der Waals surface area contributed by atoms with Gasteiger partial charge < -0.3 is 29.9 Å². The second-order valence-electron chi connectivity index (χ2n) is 4.25. The van der Waals surface area contributed by atoms with Crippen molar-refractivity contribution >= 4 is 12.0 Å². The highest BCUT2D eigenvalue weighted by Crippen LogP contribution is 2.11. The summed E-state index contributed by atoms with van der Waals surface area (Å²) < 4.78 is 5.28. The highest BCUT2D eigenvalue weighted by molar-refractivity contribution is 5.75. The van der Waals surface area contributed by atoms with Gasteiger partial charge in [0.2, 0.25) is 0 Å². The average Bonchev–Trinajstić information content (AvgIpc) is 2.37. The van der Waals surface area contributed by atoms with E-state index < -0.39 is 12.1 Å². The number of carbonyl (C=O) groups excluding carboxylic acids is 1. The van der Waals surface area contributed by atoms with Crippen molar-refractivity contribution in [3.63, 3.8) is 0 Å². The number of morpholine rings is 1. The third-order valence-corrected chi connectivity index (χ3v) is 2.82. The standard InChI is InChI=1S/C11H20N2O6/c14-4-1-12(2-5-15)11(18)13-3-6-19-9(8-13)7-10(16)17/h9,14-15H,1-8H2,(H,16,17). The van der Waals surface area contributed by atoms with Gasteiger partial charge in [0.1, 0.15) is 0 Å². The number of aliphatic hydroxyl groups is 2. The van der Waals surface area contributed by atoms with Gasteiger partial charge in [0.25, 0.3) is 0 Å². The Morgan fingerprint density at radius 1 is 1.26 bits per heavy atom. The van der Waals surface area contributed by atoms with Gasteiger partial charge in [-0.05, 0) is 0 Å². The van der Waals surface area contributed by atoms with Crippen LogP contribution < -0.4 is 0 Å². The van der Waals surface area contributed by atoms with E-state index in [9.17, 15) is 9.59 Å². The first-order chi connectivity index (χ1) is 9.08. The van der Waals surface area contributed by atoms with Crippen LogP contribution in [-0.2, 0) is 9.53 Å². The van der Waals surface area contributed by atoms with Gasteiger partial charge >= 0.3 is 12.0 Å². The molecule has 0 aromatic carbocycles. The van der Waals surface area contributed by atoms with Crippen LogP contribution in [0.2, 0.25) is 0 Å². The lowest BCUT2D eigenvalue weighted by molar-refractivity contribution is -0.141. The molecule has 1 atom stereocenters. The highest BCUT2D eigenvalue weighted by Gasteiger charge is 2.28. The zero-order valence-electron chi connectivity index (χ0n) is 10.7. The number of carbonyl (C=O) groups is 2. The predicted molar refractivity (Wildman–Crippen MR) is 64.7 cm³/mol. The lowest BCUT2D eigenvalue weighted by Gasteiger charge is -2.35. The summed E-state index contributed by atoms with van der Waals surface area (Å²) in [5, 5.41) is 26.5. The quantitative estimate of drug-likeness (QED) is 0.548. The molecule has 1 saturated heterocycles. The zero-order valence-corrected chi connectivity index (χ0v) is 10.7. The summed E-state index contributed by atoms with van der Waals surface area (Å²) >= 11 is 0. The molecule has 2 amide bonds. The molecule has 0 aromatic rings. The number of urea groups is 1. The maximum absolute atomic E-state index is 12.1. The Balaban J connectivity index is 2.56. The van der Waals surface area contributed by atoms with E-state index in [1.165, 1.54) is 9.80 Å². The Bertz CT molecular complexity index is 306. The SMILES string of the molecule is O=C(O)CC1CN(C(=O)N(CCO)CCO)CCO1. The molecule has 19 heavy (non-hydrogen) atoms. The molecule has 0 saturated carbocycles. The van der Waals surface area contributed by atoms with Crippen LogP contribution in [0.25, 0.3) is 0 Å². The first-order valence-corrected chi connectivity index (χ1v) is 6.17. The van der Waals surface area contributed by atoms with Crippen molar-refractivity contribution in [3.05, 3.63) is 0 Å². The Labute approximate surface area is 111 Å². The molecule has 0 bridgehead atoms. The van der Waals surface area contributed by atoms with Crippen molar-refractivity contribution in [1.82, 2.24) is 9.80 Å². The van der Waals surface area contributed by atoms with E-state index in [4.69, 9.17) is 20.1 Å². The van der Waals surface area contributed by atoms with Gasteiger partial charge in [0, 0.05) is 26.2 Å². The van der Waals surface area contributed by atoms with E-state index in [1.807, 2.05) is 0 Å². The van der Waals surface area contributed by atoms with E-state index in [-0.39, 0.29) is 51.9 Å². The number of carboxylic acids is 1. The summed E-state index contributed by atoms with van der Waals surface area (Å²) in [6.45, 7) is 0.778. The number of aliphatic carboxylic acids is 1. The van der Waals surface area contributed by atoms with Crippen LogP contribution in [-0.4, -0.2) is 89.2 Å². The predicted octanol–water partition coefficient (Wildman–Crippen LogP) is -1.43. The third-order valence-electron chi connectivity index (χ3n) is 2.82. The normalized spacial score (nSPS) is 19.3. The summed E-state index contributed by atoms with van der Waals surface area (Å²) in [6.07, 6.45) is -0.663. The molecular weight excluding hydrogens is 256 g/mol. The molecule has 1 fully saturated rings. The van der Waals surface area contributed by atoms with E-state index in [1.54, 1.807) is 0 Å².